The van der Waals surface area contributed by atoms with E-state index in [-0.39, 0.29) is 6.61 Å². The van der Waals surface area contributed by atoms with Crippen LogP contribution in [0.1, 0.15) is 11.3 Å². The maximum absolute atomic E-state index is 13.6. The average Bonchev–Trinajstić information content (AvgIpc) is 2.39. The lowest BCUT2D eigenvalue weighted by Gasteiger charge is -2.05. The third kappa shape index (κ3) is 2.30. The van der Waals surface area contributed by atoms with Crippen molar-refractivity contribution in [3.8, 4) is 17.2 Å². The van der Waals surface area contributed by atoms with Gasteiger partial charge in [0.15, 0.2) is 0 Å². The minimum atomic E-state index is -0.452. The summed E-state index contributed by atoms with van der Waals surface area (Å²) in [5, 5.41) is 17.6. The minimum Gasteiger partial charge on any atom is -0.390 e. The van der Waals surface area contributed by atoms with Crippen molar-refractivity contribution in [1.29, 1.82) is 5.26 Å². The molecule has 1 heterocycles. The van der Waals surface area contributed by atoms with E-state index in [0.717, 1.165) is 6.20 Å². The quantitative estimate of drug-likeness (QED) is 0.857. The number of nitriles is 1. The van der Waals surface area contributed by atoms with E-state index >= 15 is 0 Å². The molecule has 4 heteroatoms. The summed E-state index contributed by atoms with van der Waals surface area (Å²) in [6, 6.07) is 10.1. The van der Waals surface area contributed by atoms with Crippen molar-refractivity contribution < 1.29 is 9.50 Å². The Morgan fingerprint density at radius 2 is 2.00 bits per heavy atom. The lowest BCUT2D eigenvalue weighted by Crippen LogP contribution is -1.93. The monoisotopic (exact) mass is 228 g/mol. The van der Waals surface area contributed by atoms with Crippen molar-refractivity contribution in [3.63, 3.8) is 0 Å². The van der Waals surface area contributed by atoms with Crippen LogP contribution in [-0.2, 0) is 6.61 Å². The van der Waals surface area contributed by atoms with Gasteiger partial charge in [-0.1, -0.05) is 12.1 Å². The molecule has 0 saturated carbocycles. The number of aliphatic hydroxyl groups is 1. The predicted molar refractivity (Wildman–Crippen MR) is 60.3 cm³/mol. The van der Waals surface area contributed by atoms with Crippen LogP contribution in [0.2, 0.25) is 0 Å². The van der Waals surface area contributed by atoms with Crippen molar-refractivity contribution in [2.75, 3.05) is 0 Å². The van der Waals surface area contributed by atoms with Gasteiger partial charge in [-0.05, 0) is 23.8 Å². The van der Waals surface area contributed by atoms with Gasteiger partial charge in [0.05, 0.1) is 30.1 Å². The highest BCUT2D eigenvalue weighted by atomic mass is 19.1. The van der Waals surface area contributed by atoms with Crippen LogP contribution in [-0.4, -0.2) is 10.1 Å². The van der Waals surface area contributed by atoms with E-state index in [1.807, 2.05) is 6.07 Å². The van der Waals surface area contributed by atoms with E-state index in [0.29, 0.717) is 22.4 Å². The van der Waals surface area contributed by atoms with Gasteiger partial charge in [0.2, 0.25) is 0 Å². The van der Waals surface area contributed by atoms with Crippen LogP contribution in [0.5, 0.6) is 0 Å². The van der Waals surface area contributed by atoms with Crippen LogP contribution in [0.3, 0.4) is 0 Å². The Labute approximate surface area is 97.8 Å². The van der Waals surface area contributed by atoms with E-state index in [1.54, 1.807) is 24.3 Å². The summed E-state index contributed by atoms with van der Waals surface area (Å²) in [5.74, 6) is -0.452. The largest absolute Gasteiger partial charge is 0.390 e. The maximum Gasteiger partial charge on any atom is 0.149 e. The van der Waals surface area contributed by atoms with Gasteiger partial charge in [-0.3, -0.25) is 4.98 Å². The smallest absolute Gasteiger partial charge is 0.149 e. The molecule has 17 heavy (non-hydrogen) atoms. The fraction of sp³-hybridized carbons (Fsp3) is 0.0769. The topological polar surface area (TPSA) is 56.9 Å². The summed E-state index contributed by atoms with van der Waals surface area (Å²) in [4.78, 5) is 3.74. The zero-order valence-corrected chi connectivity index (χ0v) is 8.89. The molecule has 0 aliphatic heterocycles. The van der Waals surface area contributed by atoms with Gasteiger partial charge in [-0.25, -0.2) is 4.39 Å². The van der Waals surface area contributed by atoms with E-state index in [1.165, 1.54) is 6.07 Å². The number of halogens is 1. The zero-order chi connectivity index (χ0) is 12.3. The molecule has 3 nitrogen and oxygen atoms in total. The first-order chi connectivity index (χ1) is 8.24. The summed E-state index contributed by atoms with van der Waals surface area (Å²) in [6.45, 7) is -0.233. The van der Waals surface area contributed by atoms with Crippen molar-refractivity contribution in [2.45, 2.75) is 6.61 Å². The average molecular weight is 228 g/mol. The molecule has 0 aliphatic rings. The standard InChI is InChI=1S/C13H9FN2O/c14-13-7-16-11(8-17)5-12(13)10-3-1-9(6-15)2-4-10/h1-5,7,17H,8H2. The number of rotatable bonds is 2. The van der Waals surface area contributed by atoms with Crippen LogP contribution >= 0.6 is 0 Å². The first-order valence-electron chi connectivity index (χ1n) is 5.00. The fourth-order valence-corrected chi connectivity index (χ4v) is 1.51. The first kappa shape index (κ1) is 11.2. The molecule has 0 saturated heterocycles. The molecule has 1 N–H and O–H groups in total. The van der Waals surface area contributed by atoms with Crippen molar-refractivity contribution in [2.24, 2.45) is 0 Å². The highest BCUT2D eigenvalue weighted by Crippen LogP contribution is 2.23. The number of pyridine rings is 1. The van der Waals surface area contributed by atoms with E-state index < -0.39 is 5.82 Å². The summed E-state index contributed by atoms with van der Waals surface area (Å²) < 4.78 is 13.6. The molecule has 0 bridgehead atoms. The molecule has 2 aromatic rings. The molecule has 0 atom stereocenters. The summed E-state index contributed by atoms with van der Waals surface area (Å²) >= 11 is 0. The van der Waals surface area contributed by atoms with Crippen LogP contribution in [0, 0.1) is 17.1 Å². The van der Waals surface area contributed by atoms with Gasteiger partial charge < -0.3 is 5.11 Å². The summed E-state index contributed by atoms with van der Waals surface area (Å²) in [5.41, 5.74) is 1.95. The second-order valence-electron chi connectivity index (χ2n) is 3.50. The van der Waals surface area contributed by atoms with Gasteiger partial charge in [-0.15, -0.1) is 0 Å². The second kappa shape index (κ2) is 4.73. The molecular formula is C13H9FN2O. The summed E-state index contributed by atoms with van der Waals surface area (Å²) in [6.07, 6.45) is 1.08. The number of hydrogen-bond donors (Lipinski definition) is 1. The number of aliphatic hydroxyl groups excluding tert-OH is 1. The predicted octanol–water partition coefficient (Wildman–Crippen LogP) is 2.25. The third-order valence-electron chi connectivity index (χ3n) is 2.40. The zero-order valence-electron chi connectivity index (χ0n) is 8.89. The molecule has 84 valence electrons. The Hall–Kier alpha value is -2.25. The number of aromatic nitrogens is 1. The van der Waals surface area contributed by atoms with Crippen molar-refractivity contribution in [3.05, 3.63) is 53.6 Å². The Morgan fingerprint density at radius 1 is 1.29 bits per heavy atom. The highest BCUT2D eigenvalue weighted by molar-refractivity contribution is 5.64. The lowest BCUT2D eigenvalue weighted by atomic mass is 10.0. The summed E-state index contributed by atoms with van der Waals surface area (Å²) in [7, 11) is 0. The number of hydrogen-bond acceptors (Lipinski definition) is 3. The lowest BCUT2D eigenvalue weighted by molar-refractivity contribution is 0.276. The van der Waals surface area contributed by atoms with Gasteiger partial charge in [0, 0.05) is 5.56 Å². The Kier molecular flexibility index (Phi) is 3.12. The highest BCUT2D eigenvalue weighted by Gasteiger charge is 2.07. The minimum absolute atomic E-state index is 0.233. The second-order valence-corrected chi connectivity index (χ2v) is 3.50. The normalized spacial score (nSPS) is 9.94. The third-order valence-corrected chi connectivity index (χ3v) is 2.40. The van der Waals surface area contributed by atoms with E-state index in [2.05, 4.69) is 4.98 Å². The van der Waals surface area contributed by atoms with Crippen LogP contribution < -0.4 is 0 Å². The maximum atomic E-state index is 13.6. The molecule has 0 aliphatic carbocycles. The Bertz CT molecular complexity index is 573. The van der Waals surface area contributed by atoms with Gasteiger partial charge >= 0.3 is 0 Å². The van der Waals surface area contributed by atoms with E-state index in [9.17, 15) is 4.39 Å². The fourth-order valence-electron chi connectivity index (χ4n) is 1.51. The molecule has 0 amide bonds. The number of nitrogens with zero attached hydrogens (tertiary/aromatic N) is 2. The molecule has 2 rings (SSSR count). The number of benzene rings is 1. The molecule has 1 aromatic carbocycles. The molecule has 1 aromatic heterocycles. The SMILES string of the molecule is N#Cc1ccc(-c2cc(CO)ncc2F)cc1. The molecule has 0 unspecified atom stereocenters. The van der Waals surface area contributed by atoms with Crippen LogP contribution in [0.25, 0.3) is 11.1 Å². The van der Waals surface area contributed by atoms with Gasteiger partial charge in [-0.2, -0.15) is 5.26 Å². The molecule has 0 spiro atoms. The molecular weight excluding hydrogens is 219 g/mol. The van der Waals surface area contributed by atoms with Crippen LogP contribution in [0.4, 0.5) is 4.39 Å². The Morgan fingerprint density at radius 3 is 2.59 bits per heavy atom. The van der Waals surface area contributed by atoms with E-state index in [4.69, 9.17) is 10.4 Å². The van der Waals surface area contributed by atoms with Gasteiger partial charge in [0.25, 0.3) is 0 Å². The van der Waals surface area contributed by atoms with Crippen molar-refractivity contribution >= 4 is 0 Å². The van der Waals surface area contributed by atoms with Crippen LogP contribution in [0.15, 0.2) is 36.5 Å². The van der Waals surface area contributed by atoms with Crippen molar-refractivity contribution in [1.82, 2.24) is 4.98 Å². The van der Waals surface area contributed by atoms with Gasteiger partial charge in [0.1, 0.15) is 5.82 Å². The Balaban J connectivity index is 2.48. The molecule has 0 fully saturated rings. The molecule has 0 radical (unpaired) electrons. The first-order valence-corrected chi connectivity index (χ1v) is 5.00.